The van der Waals surface area contributed by atoms with E-state index in [-0.39, 0.29) is 4.90 Å². The number of aromatic amines is 1. The Labute approximate surface area is 175 Å². The van der Waals surface area contributed by atoms with Crippen LogP contribution in [0.2, 0.25) is 5.02 Å². The number of nitrogens with zero attached hydrogens (tertiary/aromatic N) is 1. The molecule has 7 heteroatoms. The number of rotatable bonds is 6. The predicted octanol–water partition coefficient (Wildman–Crippen LogP) is 4.88. The summed E-state index contributed by atoms with van der Waals surface area (Å²) in [5.74, 6) is 0. The average Bonchev–Trinajstić information content (AvgIpc) is 3.10. The van der Waals surface area contributed by atoms with E-state index in [1.165, 1.54) is 0 Å². The number of fused-ring (bicyclic) bond motifs is 2. The molecule has 0 amide bonds. The normalized spacial score (nSPS) is 12.1. The molecule has 0 atom stereocenters. The highest BCUT2D eigenvalue weighted by Crippen LogP contribution is 2.31. The van der Waals surface area contributed by atoms with Gasteiger partial charge in [-0.25, -0.2) is 8.42 Å². The molecule has 0 saturated carbocycles. The first kappa shape index (κ1) is 19.8. The molecule has 0 aliphatic rings. The molecule has 29 heavy (non-hydrogen) atoms. The van der Waals surface area contributed by atoms with Crippen LogP contribution in [0.5, 0.6) is 0 Å². The van der Waals surface area contributed by atoms with Gasteiger partial charge in [-0.2, -0.15) is 0 Å². The number of anilines is 1. The molecular formula is C22H22ClN3O2S. The second kappa shape index (κ2) is 7.71. The Morgan fingerprint density at radius 1 is 1.07 bits per heavy atom. The van der Waals surface area contributed by atoms with Gasteiger partial charge in [-0.05, 0) is 61.8 Å². The second-order valence-electron chi connectivity index (χ2n) is 7.32. The monoisotopic (exact) mass is 427 g/mol. The molecule has 5 nitrogen and oxygen atoms in total. The number of sulfonamides is 1. The lowest BCUT2D eigenvalue weighted by atomic mass is 10.1. The van der Waals surface area contributed by atoms with Crippen molar-refractivity contribution in [1.82, 2.24) is 9.88 Å². The van der Waals surface area contributed by atoms with Crippen molar-refractivity contribution >= 4 is 49.0 Å². The van der Waals surface area contributed by atoms with Crippen LogP contribution in [0, 0.1) is 0 Å². The van der Waals surface area contributed by atoms with Gasteiger partial charge in [0.25, 0.3) is 10.0 Å². The molecule has 0 fully saturated rings. The molecule has 0 spiro atoms. The molecule has 4 rings (SSSR count). The molecule has 150 valence electrons. The molecule has 2 N–H and O–H groups in total. The molecule has 0 radical (unpaired) electrons. The van der Waals surface area contributed by atoms with Gasteiger partial charge in [-0.3, -0.25) is 4.72 Å². The number of hydrogen-bond acceptors (Lipinski definition) is 3. The molecule has 1 heterocycles. The molecule has 0 saturated heterocycles. The Kier molecular flexibility index (Phi) is 5.25. The Hall–Kier alpha value is -2.54. The zero-order chi connectivity index (χ0) is 20.6. The molecule has 3 aromatic carbocycles. The summed E-state index contributed by atoms with van der Waals surface area (Å²) < 4.78 is 29.0. The SMILES string of the molecule is CN(C)CCc1c[nH]c2cccc(NS(=O)(=O)c3ccc4c(Cl)cccc4c3)c12. The lowest BCUT2D eigenvalue weighted by molar-refractivity contribution is 0.414. The average molecular weight is 428 g/mol. The summed E-state index contributed by atoms with van der Waals surface area (Å²) in [6, 6.07) is 16.0. The van der Waals surface area contributed by atoms with Gasteiger partial charge < -0.3 is 9.88 Å². The fourth-order valence-corrected chi connectivity index (χ4v) is 4.83. The Balaban J connectivity index is 1.73. The van der Waals surface area contributed by atoms with Crippen LogP contribution in [0.3, 0.4) is 0 Å². The molecule has 1 aromatic heterocycles. The fraction of sp³-hybridized carbons (Fsp3) is 0.182. The van der Waals surface area contributed by atoms with Gasteiger partial charge in [0.15, 0.2) is 0 Å². The van der Waals surface area contributed by atoms with E-state index in [0.29, 0.717) is 10.7 Å². The van der Waals surface area contributed by atoms with Gasteiger partial charge in [-0.1, -0.05) is 35.9 Å². The van der Waals surface area contributed by atoms with Crippen LogP contribution >= 0.6 is 11.6 Å². The minimum atomic E-state index is -3.75. The van der Waals surface area contributed by atoms with Crippen molar-refractivity contribution in [3.8, 4) is 0 Å². The van der Waals surface area contributed by atoms with E-state index < -0.39 is 10.0 Å². The van der Waals surface area contributed by atoms with E-state index in [2.05, 4.69) is 14.6 Å². The molecule has 0 unspecified atom stereocenters. The Bertz CT molecular complexity index is 1300. The number of aromatic nitrogens is 1. The van der Waals surface area contributed by atoms with Gasteiger partial charge in [0.05, 0.1) is 10.6 Å². The van der Waals surface area contributed by atoms with Gasteiger partial charge >= 0.3 is 0 Å². The van der Waals surface area contributed by atoms with Crippen LogP contribution < -0.4 is 4.72 Å². The molecular weight excluding hydrogens is 406 g/mol. The Morgan fingerprint density at radius 2 is 1.86 bits per heavy atom. The quantitative estimate of drug-likeness (QED) is 0.461. The first-order chi connectivity index (χ1) is 13.8. The Morgan fingerprint density at radius 3 is 2.66 bits per heavy atom. The second-order valence-corrected chi connectivity index (χ2v) is 9.41. The lowest BCUT2D eigenvalue weighted by Crippen LogP contribution is -2.15. The van der Waals surface area contributed by atoms with Gasteiger partial charge in [0, 0.05) is 34.1 Å². The fourth-order valence-electron chi connectivity index (χ4n) is 3.47. The maximum atomic E-state index is 13.1. The van der Waals surface area contributed by atoms with Crippen molar-refractivity contribution < 1.29 is 8.42 Å². The molecule has 0 bridgehead atoms. The largest absolute Gasteiger partial charge is 0.361 e. The van der Waals surface area contributed by atoms with Crippen LogP contribution in [-0.2, 0) is 16.4 Å². The summed E-state index contributed by atoms with van der Waals surface area (Å²) in [5.41, 5.74) is 2.56. The minimum Gasteiger partial charge on any atom is -0.361 e. The zero-order valence-electron chi connectivity index (χ0n) is 16.2. The van der Waals surface area contributed by atoms with E-state index in [4.69, 9.17) is 11.6 Å². The highest BCUT2D eigenvalue weighted by molar-refractivity contribution is 7.92. The maximum Gasteiger partial charge on any atom is 0.261 e. The summed E-state index contributed by atoms with van der Waals surface area (Å²) in [4.78, 5) is 5.55. The van der Waals surface area contributed by atoms with Crippen LogP contribution in [-0.4, -0.2) is 38.9 Å². The number of nitrogens with one attached hydrogen (secondary N) is 2. The van der Waals surface area contributed by atoms with Gasteiger partial charge in [0.1, 0.15) is 0 Å². The number of benzene rings is 3. The third kappa shape index (κ3) is 3.96. The number of H-pyrrole nitrogens is 1. The lowest BCUT2D eigenvalue weighted by Gasteiger charge is -2.13. The topological polar surface area (TPSA) is 65.2 Å². The summed E-state index contributed by atoms with van der Waals surface area (Å²) in [6.07, 6.45) is 2.77. The van der Waals surface area contributed by atoms with E-state index in [1.54, 1.807) is 30.3 Å². The first-order valence-corrected chi connectivity index (χ1v) is 11.2. The predicted molar refractivity (Wildman–Crippen MR) is 120 cm³/mol. The van der Waals surface area contributed by atoms with Crippen molar-refractivity contribution in [3.05, 3.63) is 71.4 Å². The third-order valence-electron chi connectivity index (χ3n) is 4.97. The smallest absolute Gasteiger partial charge is 0.261 e. The van der Waals surface area contributed by atoms with Crippen LogP contribution in [0.25, 0.3) is 21.7 Å². The van der Waals surface area contributed by atoms with E-state index in [1.807, 2.05) is 44.6 Å². The summed E-state index contributed by atoms with van der Waals surface area (Å²) in [6.45, 7) is 0.874. The van der Waals surface area contributed by atoms with E-state index in [0.717, 1.165) is 40.2 Å². The van der Waals surface area contributed by atoms with Crippen LogP contribution in [0.15, 0.2) is 65.7 Å². The zero-order valence-corrected chi connectivity index (χ0v) is 17.8. The molecule has 0 aliphatic heterocycles. The van der Waals surface area contributed by atoms with Crippen molar-refractivity contribution in [3.63, 3.8) is 0 Å². The minimum absolute atomic E-state index is 0.203. The van der Waals surface area contributed by atoms with Gasteiger partial charge in [-0.15, -0.1) is 0 Å². The van der Waals surface area contributed by atoms with E-state index >= 15 is 0 Å². The van der Waals surface area contributed by atoms with Crippen LogP contribution in [0.4, 0.5) is 5.69 Å². The summed E-state index contributed by atoms with van der Waals surface area (Å²) in [5, 5.41) is 3.11. The summed E-state index contributed by atoms with van der Waals surface area (Å²) in [7, 11) is 0.284. The molecule has 0 aliphatic carbocycles. The van der Waals surface area contributed by atoms with Crippen LogP contribution in [0.1, 0.15) is 5.56 Å². The third-order valence-corrected chi connectivity index (χ3v) is 6.66. The summed E-state index contributed by atoms with van der Waals surface area (Å²) >= 11 is 6.20. The standard InChI is InChI=1S/C22H22ClN3O2S/c1-26(2)12-11-16-14-24-20-7-4-8-21(22(16)20)25-29(27,28)17-9-10-18-15(13-17)5-3-6-19(18)23/h3-10,13-14,24-25H,11-12H2,1-2H3. The highest BCUT2D eigenvalue weighted by Gasteiger charge is 2.18. The first-order valence-electron chi connectivity index (χ1n) is 9.30. The van der Waals surface area contributed by atoms with Crippen molar-refractivity contribution in [1.29, 1.82) is 0 Å². The van der Waals surface area contributed by atoms with Crippen molar-refractivity contribution in [2.45, 2.75) is 11.3 Å². The highest BCUT2D eigenvalue weighted by atomic mass is 35.5. The number of likely N-dealkylation sites (N-methyl/N-ethyl adjacent to an activating group) is 1. The van der Waals surface area contributed by atoms with Crippen molar-refractivity contribution in [2.75, 3.05) is 25.4 Å². The molecule has 4 aromatic rings. The maximum absolute atomic E-state index is 13.1. The van der Waals surface area contributed by atoms with E-state index in [9.17, 15) is 8.42 Å². The van der Waals surface area contributed by atoms with Crippen molar-refractivity contribution in [2.24, 2.45) is 0 Å². The van der Waals surface area contributed by atoms with Gasteiger partial charge in [0.2, 0.25) is 0 Å². The number of halogens is 1. The number of hydrogen-bond donors (Lipinski definition) is 2.